The van der Waals surface area contributed by atoms with Gasteiger partial charge in [0.15, 0.2) is 12.6 Å². The van der Waals surface area contributed by atoms with Crippen LogP contribution >= 0.6 is 0 Å². The minimum absolute atomic E-state index is 0.00940. The van der Waals surface area contributed by atoms with Gasteiger partial charge in [0, 0.05) is 7.11 Å². The van der Waals surface area contributed by atoms with Gasteiger partial charge in [-0.2, -0.15) is 0 Å². The molecule has 3 fully saturated rings. The summed E-state index contributed by atoms with van der Waals surface area (Å²) >= 11 is 0. The van der Waals surface area contributed by atoms with Crippen LogP contribution in [0.3, 0.4) is 0 Å². The first-order valence-electron chi connectivity index (χ1n) is 4.90. The number of hydrogen-bond donors (Lipinski definition) is 0. The van der Waals surface area contributed by atoms with E-state index in [4.69, 9.17) is 23.7 Å². The van der Waals surface area contributed by atoms with Crippen LogP contribution in [0, 0.1) is 0 Å². The first-order valence-corrected chi connectivity index (χ1v) is 4.90. The minimum atomic E-state index is -0.262. The molecule has 0 unspecified atom stereocenters. The molecule has 0 spiro atoms. The molecule has 3 aliphatic rings. The van der Waals surface area contributed by atoms with Gasteiger partial charge in [-0.3, -0.25) is 0 Å². The fourth-order valence-electron chi connectivity index (χ4n) is 2.14. The SMILES string of the molecule is CO[C@@H]1O[C@@H]2CO[C@H](C)O[C@H]2[C@H]2O[C@@H]12. The summed E-state index contributed by atoms with van der Waals surface area (Å²) in [6.07, 6.45) is -0.294. The first-order chi connectivity index (χ1) is 6.79. The third-order valence-corrected chi connectivity index (χ3v) is 2.91. The van der Waals surface area contributed by atoms with E-state index in [1.54, 1.807) is 7.11 Å². The molecule has 0 amide bonds. The molecule has 0 bridgehead atoms. The van der Waals surface area contributed by atoms with Crippen LogP contribution in [0.4, 0.5) is 0 Å². The van der Waals surface area contributed by atoms with E-state index in [0.717, 1.165) is 0 Å². The van der Waals surface area contributed by atoms with Crippen molar-refractivity contribution in [2.45, 2.75) is 43.9 Å². The molecule has 0 radical (unpaired) electrons. The molecular weight excluding hydrogens is 188 g/mol. The molecular formula is C9H14O5. The summed E-state index contributed by atoms with van der Waals surface area (Å²) in [5.74, 6) is 0. The molecule has 5 nitrogen and oxygen atoms in total. The quantitative estimate of drug-likeness (QED) is 0.555. The highest BCUT2D eigenvalue weighted by Crippen LogP contribution is 2.41. The van der Waals surface area contributed by atoms with Crippen molar-refractivity contribution < 1.29 is 23.7 Å². The van der Waals surface area contributed by atoms with Gasteiger partial charge in [0.25, 0.3) is 0 Å². The molecule has 6 atom stereocenters. The molecule has 5 heteroatoms. The average Bonchev–Trinajstić information content (AvgIpc) is 2.96. The van der Waals surface area contributed by atoms with Gasteiger partial charge in [0.2, 0.25) is 0 Å². The van der Waals surface area contributed by atoms with Gasteiger partial charge in [-0.15, -0.1) is 0 Å². The van der Waals surface area contributed by atoms with Gasteiger partial charge in [-0.1, -0.05) is 0 Å². The van der Waals surface area contributed by atoms with Gasteiger partial charge in [-0.05, 0) is 6.92 Å². The normalized spacial score (nSPS) is 56.1. The van der Waals surface area contributed by atoms with E-state index in [2.05, 4.69) is 0 Å². The first kappa shape index (κ1) is 9.06. The molecule has 0 aromatic heterocycles. The lowest BCUT2D eigenvalue weighted by molar-refractivity contribution is -0.295. The number of ether oxygens (including phenoxy) is 5. The predicted octanol–water partition coefficient (Wildman–Crippen LogP) is -0.114. The summed E-state index contributed by atoms with van der Waals surface area (Å²) in [4.78, 5) is 0. The maximum atomic E-state index is 5.64. The van der Waals surface area contributed by atoms with E-state index in [0.29, 0.717) is 6.61 Å². The summed E-state index contributed by atoms with van der Waals surface area (Å²) in [5, 5.41) is 0. The summed E-state index contributed by atoms with van der Waals surface area (Å²) in [7, 11) is 1.62. The Balaban J connectivity index is 1.72. The highest BCUT2D eigenvalue weighted by Gasteiger charge is 2.60. The van der Waals surface area contributed by atoms with Crippen LogP contribution in [0.2, 0.25) is 0 Å². The highest BCUT2D eigenvalue weighted by atomic mass is 16.8. The minimum Gasteiger partial charge on any atom is -0.361 e. The van der Waals surface area contributed by atoms with Crippen molar-refractivity contribution in [2.24, 2.45) is 0 Å². The van der Waals surface area contributed by atoms with Crippen molar-refractivity contribution in [1.82, 2.24) is 0 Å². The predicted molar refractivity (Wildman–Crippen MR) is 44.6 cm³/mol. The molecule has 0 saturated carbocycles. The lowest BCUT2D eigenvalue weighted by Gasteiger charge is -2.38. The van der Waals surface area contributed by atoms with Crippen molar-refractivity contribution >= 4 is 0 Å². The van der Waals surface area contributed by atoms with Crippen LogP contribution in [0.25, 0.3) is 0 Å². The van der Waals surface area contributed by atoms with Crippen LogP contribution in [0.5, 0.6) is 0 Å². The van der Waals surface area contributed by atoms with E-state index < -0.39 is 0 Å². The number of fused-ring (bicyclic) bond motifs is 3. The Kier molecular flexibility index (Phi) is 2.04. The molecule has 3 rings (SSSR count). The average molecular weight is 202 g/mol. The summed E-state index contributed by atoms with van der Waals surface area (Å²) in [6.45, 7) is 2.44. The van der Waals surface area contributed by atoms with Crippen LogP contribution in [-0.2, 0) is 23.7 Å². The van der Waals surface area contributed by atoms with Crippen LogP contribution in [-0.4, -0.2) is 50.7 Å². The fourth-order valence-corrected chi connectivity index (χ4v) is 2.14. The van der Waals surface area contributed by atoms with Crippen LogP contribution in [0.1, 0.15) is 6.92 Å². The van der Waals surface area contributed by atoms with Crippen molar-refractivity contribution in [1.29, 1.82) is 0 Å². The number of rotatable bonds is 1. The molecule has 0 N–H and O–H groups in total. The van der Waals surface area contributed by atoms with Crippen molar-refractivity contribution in [3.8, 4) is 0 Å². The Bertz CT molecular complexity index is 233. The summed E-state index contributed by atoms with van der Waals surface area (Å²) in [6, 6.07) is 0. The van der Waals surface area contributed by atoms with Crippen LogP contribution < -0.4 is 0 Å². The van der Waals surface area contributed by atoms with Crippen molar-refractivity contribution in [3.05, 3.63) is 0 Å². The van der Waals surface area contributed by atoms with Gasteiger partial charge in [-0.25, -0.2) is 0 Å². The van der Waals surface area contributed by atoms with Crippen molar-refractivity contribution in [3.63, 3.8) is 0 Å². The summed E-state index contributed by atoms with van der Waals surface area (Å²) < 4.78 is 27.2. The zero-order valence-electron chi connectivity index (χ0n) is 8.21. The molecule has 80 valence electrons. The largest absolute Gasteiger partial charge is 0.361 e. The Morgan fingerprint density at radius 3 is 2.71 bits per heavy atom. The lowest BCUT2D eigenvalue weighted by atomic mass is 10.0. The zero-order chi connectivity index (χ0) is 9.71. The molecule has 0 aromatic rings. The van der Waals surface area contributed by atoms with Crippen molar-refractivity contribution in [2.75, 3.05) is 13.7 Å². The fraction of sp³-hybridized carbons (Fsp3) is 1.00. The second kappa shape index (κ2) is 3.15. The van der Waals surface area contributed by atoms with E-state index in [9.17, 15) is 0 Å². The smallest absolute Gasteiger partial charge is 0.186 e. The van der Waals surface area contributed by atoms with E-state index in [1.165, 1.54) is 0 Å². The molecule has 3 heterocycles. The Labute approximate surface area is 82.2 Å². The standard InChI is InChI=1S/C9H14O5/c1-4-11-3-5-6(12-4)7-8(14-7)9(10-2)13-5/h4-9H,3H2,1-2H3/t4-,5+,6+,7+,8+,9+/m0/s1. The Hall–Kier alpha value is -0.200. The highest BCUT2D eigenvalue weighted by molar-refractivity contribution is 5.02. The topological polar surface area (TPSA) is 49.5 Å². The molecule has 14 heavy (non-hydrogen) atoms. The van der Waals surface area contributed by atoms with E-state index in [-0.39, 0.29) is 37.0 Å². The summed E-state index contributed by atoms with van der Waals surface area (Å²) in [5.41, 5.74) is 0. The second-order valence-electron chi connectivity index (χ2n) is 3.85. The number of epoxide rings is 1. The maximum absolute atomic E-state index is 5.64. The lowest BCUT2D eigenvalue weighted by Crippen LogP contribution is -2.53. The van der Waals surface area contributed by atoms with E-state index >= 15 is 0 Å². The monoisotopic (exact) mass is 202 g/mol. The maximum Gasteiger partial charge on any atom is 0.186 e. The molecule has 0 aromatic carbocycles. The zero-order valence-corrected chi connectivity index (χ0v) is 8.21. The number of methoxy groups -OCH3 is 1. The van der Waals surface area contributed by atoms with Gasteiger partial charge >= 0.3 is 0 Å². The third-order valence-electron chi connectivity index (χ3n) is 2.91. The second-order valence-corrected chi connectivity index (χ2v) is 3.85. The Morgan fingerprint density at radius 1 is 1.07 bits per heavy atom. The van der Waals surface area contributed by atoms with Gasteiger partial charge in [0.05, 0.1) is 6.61 Å². The Morgan fingerprint density at radius 2 is 1.93 bits per heavy atom. The van der Waals surface area contributed by atoms with E-state index in [1.807, 2.05) is 6.92 Å². The van der Waals surface area contributed by atoms with Gasteiger partial charge < -0.3 is 23.7 Å². The third kappa shape index (κ3) is 1.28. The van der Waals surface area contributed by atoms with Gasteiger partial charge in [0.1, 0.15) is 24.4 Å². The molecule has 3 aliphatic heterocycles. The number of hydrogen-bond acceptors (Lipinski definition) is 5. The molecule has 3 saturated heterocycles. The molecule has 0 aliphatic carbocycles. The van der Waals surface area contributed by atoms with Crippen LogP contribution in [0.15, 0.2) is 0 Å².